The van der Waals surface area contributed by atoms with Gasteiger partial charge in [0.2, 0.25) is 0 Å². The van der Waals surface area contributed by atoms with Crippen LogP contribution in [0.15, 0.2) is 18.2 Å². The third-order valence-electron chi connectivity index (χ3n) is 3.59. The molecule has 0 aliphatic heterocycles. The smallest absolute Gasteiger partial charge is 0.355 e. The van der Waals surface area contributed by atoms with Crippen molar-refractivity contribution in [2.24, 2.45) is 0 Å². The lowest BCUT2D eigenvalue weighted by Gasteiger charge is -2.09. The van der Waals surface area contributed by atoms with Crippen molar-refractivity contribution in [3.8, 4) is 5.75 Å². The van der Waals surface area contributed by atoms with Gasteiger partial charge in [-0.15, -0.1) is 0 Å². The summed E-state index contributed by atoms with van der Waals surface area (Å²) in [6, 6.07) is 4.85. The molecule has 1 aromatic carbocycles. The van der Waals surface area contributed by atoms with Crippen LogP contribution in [0.2, 0.25) is 10.0 Å². The van der Waals surface area contributed by atoms with Crippen molar-refractivity contribution in [2.75, 3.05) is 19.8 Å². The summed E-state index contributed by atoms with van der Waals surface area (Å²) in [5.41, 5.74) is 1.61. The van der Waals surface area contributed by atoms with Gasteiger partial charge in [0, 0.05) is 10.7 Å². The normalized spacial score (nSPS) is 10.5. The first-order chi connectivity index (χ1) is 12.3. The fraction of sp³-hybridized carbons (Fsp3) is 0.333. The van der Waals surface area contributed by atoms with Gasteiger partial charge in [-0.2, -0.15) is 0 Å². The van der Waals surface area contributed by atoms with Crippen LogP contribution in [0.25, 0.3) is 0 Å². The highest BCUT2D eigenvalue weighted by Crippen LogP contribution is 2.27. The molecule has 0 unspecified atom stereocenters. The van der Waals surface area contributed by atoms with Crippen molar-refractivity contribution >= 4 is 35.1 Å². The molecule has 1 heterocycles. The van der Waals surface area contributed by atoms with Gasteiger partial charge in [0.05, 0.1) is 17.2 Å². The fourth-order valence-corrected chi connectivity index (χ4v) is 2.88. The summed E-state index contributed by atoms with van der Waals surface area (Å²) < 4.78 is 15.6. The number of H-pyrrole nitrogens is 1. The third-order valence-corrected chi connectivity index (χ3v) is 4.12. The molecule has 0 fully saturated rings. The molecule has 1 N–H and O–H groups in total. The maximum absolute atomic E-state index is 12.2. The van der Waals surface area contributed by atoms with Crippen molar-refractivity contribution < 1.29 is 23.8 Å². The molecule has 6 nitrogen and oxygen atoms in total. The highest BCUT2D eigenvalue weighted by atomic mass is 35.5. The Kier molecular flexibility index (Phi) is 6.94. The summed E-state index contributed by atoms with van der Waals surface area (Å²) >= 11 is 11.8. The molecule has 0 bridgehead atoms. The van der Waals surface area contributed by atoms with Crippen LogP contribution in [0.5, 0.6) is 5.75 Å². The number of hydrogen-bond donors (Lipinski definition) is 1. The maximum atomic E-state index is 12.2. The van der Waals surface area contributed by atoms with Crippen LogP contribution in [0, 0.1) is 13.8 Å². The second-order valence-corrected chi connectivity index (χ2v) is 6.25. The van der Waals surface area contributed by atoms with E-state index in [1.807, 2.05) is 0 Å². The molecule has 0 spiro atoms. The Morgan fingerprint density at radius 1 is 1.08 bits per heavy atom. The molecular weight excluding hydrogens is 381 g/mol. The minimum atomic E-state index is -0.577. The lowest BCUT2D eigenvalue weighted by atomic mass is 10.1. The number of carbonyl (C=O) groups excluding carboxylic acids is 2. The molecule has 8 heteroatoms. The standard InChI is InChI=1S/C18H19Cl2NO5/c1-4-24-17(22)15-10(2)16(21-11(15)3)18(23)26-8-7-25-14-6-5-12(19)9-13(14)20/h5-6,9,21H,4,7-8H2,1-3H3. The van der Waals surface area contributed by atoms with Gasteiger partial charge in [-0.05, 0) is 44.5 Å². The van der Waals surface area contributed by atoms with Crippen LogP contribution in [0.3, 0.4) is 0 Å². The molecular formula is C18H19Cl2NO5. The van der Waals surface area contributed by atoms with E-state index >= 15 is 0 Å². The summed E-state index contributed by atoms with van der Waals surface area (Å²) in [5, 5.41) is 0.877. The molecule has 0 aliphatic carbocycles. The van der Waals surface area contributed by atoms with E-state index < -0.39 is 11.9 Å². The minimum Gasteiger partial charge on any atom is -0.488 e. The van der Waals surface area contributed by atoms with Crippen LogP contribution in [0.1, 0.15) is 39.0 Å². The molecule has 140 valence electrons. The first kappa shape index (κ1) is 20.1. The number of benzene rings is 1. The topological polar surface area (TPSA) is 77.6 Å². The lowest BCUT2D eigenvalue weighted by molar-refractivity contribution is 0.0443. The minimum absolute atomic E-state index is 0.0179. The monoisotopic (exact) mass is 399 g/mol. The van der Waals surface area contributed by atoms with Crippen molar-refractivity contribution in [3.05, 3.63) is 50.8 Å². The molecule has 0 radical (unpaired) electrons. The Morgan fingerprint density at radius 2 is 1.81 bits per heavy atom. The van der Waals surface area contributed by atoms with E-state index in [4.69, 9.17) is 37.4 Å². The van der Waals surface area contributed by atoms with E-state index in [0.29, 0.717) is 32.6 Å². The third kappa shape index (κ3) is 4.71. The Balaban J connectivity index is 1.94. The predicted octanol–water partition coefficient (Wildman–Crippen LogP) is 4.35. The number of rotatable bonds is 7. The SMILES string of the molecule is CCOC(=O)c1c(C)[nH]c(C(=O)OCCOc2ccc(Cl)cc2Cl)c1C. The number of ether oxygens (including phenoxy) is 3. The van der Waals surface area contributed by atoms with Crippen LogP contribution in [0.4, 0.5) is 0 Å². The molecule has 2 rings (SSSR count). The highest BCUT2D eigenvalue weighted by molar-refractivity contribution is 6.35. The Morgan fingerprint density at radius 3 is 2.46 bits per heavy atom. The molecule has 2 aromatic rings. The number of nitrogens with one attached hydrogen (secondary N) is 1. The quantitative estimate of drug-likeness (QED) is 0.552. The number of hydrogen-bond acceptors (Lipinski definition) is 5. The van der Waals surface area contributed by atoms with E-state index in [1.54, 1.807) is 39.0 Å². The summed E-state index contributed by atoms with van der Waals surface area (Å²) in [6.07, 6.45) is 0. The molecule has 0 saturated heterocycles. The van der Waals surface area contributed by atoms with E-state index in [-0.39, 0.29) is 25.5 Å². The van der Waals surface area contributed by atoms with Gasteiger partial charge in [-0.3, -0.25) is 0 Å². The van der Waals surface area contributed by atoms with Crippen molar-refractivity contribution in [1.29, 1.82) is 0 Å². The van der Waals surface area contributed by atoms with E-state index in [1.165, 1.54) is 0 Å². The fourth-order valence-electron chi connectivity index (χ4n) is 2.41. The highest BCUT2D eigenvalue weighted by Gasteiger charge is 2.23. The zero-order valence-electron chi connectivity index (χ0n) is 14.7. The first-order valence-corrected chi connectivity index (χ1v) is 8.72. The van der Waals surface area contributed by atoms with Crippen molar-refractivity contribution in [1.82, 2.24) is 4.98 Å². The van der Waals surface area contributed by atoms with Gasteiger partial charge in [0.25, 0.3) is 0 Å². The van der Waals surface area contributed by atoms with Crippen molar-refractivity contribution in [2.45, 2.75) is 20.8 Å². The molecule has 26 heavy (non-hydrogen) atoms. The zero-order valence-corrected chi connectivity index (χ0v) is 16.2. The Bertz CT molecular complexity index is 816. The number of aromatic nitrogens is 1. The molecule has 0 atom stereocenters. The van der Waals surface area contributed by atoms with Crippen LogP contribution >= 0.6 is 23.2 Å². The first-order valence-electron chi connectivity index (χ1n) is 7.96. The maximum Gasteiger partial charge on any atom is 0.355 e. The Hall–Kier alpha value is -2.18. The summed E-state index contributed by atoms with van der Waals surface area (Å²) in [4.78, 5) is 27.1. The second-order valence-electron chi connectivity index (χ2n) is 5.40. The van der Waals surface area contributed by atoms with Gasteiger partial charge < -0.3 is 19.2 Å². The molecule has 0 amide bonds. The van der Waals surface area contributed by atoms with E-state index in [0.717, 1.165) is 0 Å². The van der Waals surface area contributed by atoms with Gasteiger partial charge >= 0.3 is 11.9 Å². The molecule has 0 aliphatic rings. The van der Waals surface area contributed by atoms with Gasteiger partial charge in [0.15, 0.2) is 0 Å². The van der Waals surface area contributed by atoms with E-state index in [9.17, 15) is 9.59 Å². The lowest BCUT2D eigenvalue weighted by Crippen LogP contribution is -2.14. The Labute approximate surface area is 161 Å². The summed E-state index contributed by atoms with van der Waals surface area (Å²) in [5.74, 6) is -0.603. The number of halogens is 2. The summed E-state index contributed by atoms with van der Waals surface area (Å²) in [7, 11) is 0. The van der Waals surface area contributed by atoms with Gasteiger partial charge in [0.1, 0.15) is 24.7 Å². The van der Waals surface area contributed by atoms with E-state index in [2.05, 4.69) is 4.98 Å². The van der Waals surface area contributed by atoms with Crippen molar-refractivity contribution in [3.63, 3.8) is 0 Å². The molecule has 1 aromatic heterocycles. The van der Waals surface area contributed by atoms with Crippen LogP contribution in [-0.4, -0.2) is 36.7 Å². The van der Waals surface area contributed by atoms with Gasteiger partial charge in [-0.25, -0.2) is 9.59 Å². The number of aryl methyl sites for hydroxylation is 1. The average molecular weight is 400 g/mol. The average Bonchev–Trinajstić information content (AvgIpc) is 2.88. The second kappa shape index (κ2) is 8.96. The predicted molar refractivity (Wildman–Crippen MR) is 98.5 cm³/mol. The zero-order chi connectivity index (χ0) is 19.3. The van der Waals surface area contributed by atoms with Crippen LogP contribution < -0.4 is 4.74 Å². The summed E-state index contributed by atoms with van der Waals surface area (Å²) in [6.45, 7) is 5.48. The van der Waals surface area contributed by atoms with Crippen LogP contribution in [-0.2, 0) is 9.47 Å². The molecule has 0 saturated carbocycles. The largest absolute Gasteiger partial charge is 0.488 e. The number of carbonyl (C=O) groups is 2. The number of esters is 2. The number of aromatic amines is 1. The van der Waals surface area contributed by atoms with Gasteiger partial charge in [-0.1, -0.05) is 23.2 Å².